The van der Waals surface area contributed by atoms with Crippen LogP contribution in [0, 0.1) is 22.2 Å². The number of pyridine rings is 1. The molecule has 0 fully saturated rings. The molecule has 0 aliphatic heterocycles. The van der Waals surface area contributed by atoms with Crippen molar-refractivity contribution < 1.29 is 9.65 Å². The van der Waals surface area contributed by atoms with Crippen molar-refractivity contribution in [3.63, 3.8) is 0 Å². The van der Waals surface area contributed by atoms with E-state index in [-0.39, 0.29) is 11.5 Å². The van der Waals surface area contributed by atoms with Crippen LogP contribution < -0.4 is 9.63 Å². The van der Waals surface area contributed by atoms with Crippen molar-refractivity contribution in [1.29, 1.82) is 0 Å². The van der Waals surface area contributed by atoms with Gasteiger partial charge in [-0.25, -0.2) is 4.73 Å². The highest BCUT2D eigenvalue weighted by Crippen LogP contribution is 2.19. The smallest absolute Gasteiger partial charge is 0.287 e. The van der Waals surface area contributed by atoms with Gasteiger partial charge in [-0.2, -0.15) is 0 Å². The van der Waals surface area contributed by atoms with Crippen LogP contribution in [-0.2, 0) is 0 Å². The second-order valence-corrected chi connectivity index (χ2v) is 4.31. The highest BCUT2D eigenvalue weighted by Gasteiger charge is 2.21. The van der Waals surface area contributed by atoms with Gasteiger partial charge in [0.2, 0.25) is 0 Å². The summed E-state index contributed by atoms with van der Waals surface area (Å²) in [7, 11) is 0. The first kappa shape index (κ1) is 15.7. The van der Waals surface area contributed by atoms with Crippen LogP contribution in [-0.4, -0.2) is 18.0 Å². The zero-order valence-electron chi connectivity index (χ0n) is 11.9. The third kappa shape index (κ3) is 3.81. The maximum Gasteiger partial charge on any atom is 0.287 e. The topological polar surface area (TPSA) is 73.3 Å². The molecule has 6 nitrogen and oxygen atoms in total. The molecular formula is C14H19N3O3. The molecule has 1 heterocycles. The molecule has 0 atom stereocenters. The van der Waals surface area contributed by atoms with Crippen molar-refractivity contribution in [1.82, 2.24) is 0 Å². The van der Waals surface area contributed by atoms with Crippen LogP contribution in [0.5, 0.6) is 0 Å². The zero-order chi connectivity index (χ0) is 15.1. The van der Waals surface area contributed by atoms with Gasteiger partial charge >= 0.3 is 0 Å². The monoisotopic (exact) mass is 277 g/mol. The Hall–Kier alpha value is -2.37. The summed E-state index contributed by atoms with van der Waals surface area (Å²) in [5.41, 5.74) is 0.232. The van der Waals surface area contributed by atoms with Crippen molar-refractivity contribution >= 4 is 11.5 Å². The summed E-state index contributed by atoms with van der Waals surface area (Å²) in [6.45, 7) is 6.37. The number of anilines is 1. The largest absolute Gasteiger partial charge is 0.710 e. The predicted octanol–water partition coefficient (Wildman–Crippen LogP) is 2.50. The minimum Gasteiger partial charge on any atom is -0.710 e. The first-order chi connectivity index (χ1) is 9.51. The van der Waals surface area contributed by atoms with E-state index in [4.69, 9.17) is 0 Å². The molecule has 0 saturated carbocycles. The van der Waals surface area contributed by atoms with Crippen LogP contribution in [0.3, 0.4) is 0 Å². The average molecular weight is 277 g/mol. The normalized spacial score (nSPS) is 11.3. The Morgan fingerprint density at radius 3 is 2.25 bits per heavy atom. The Kier molecular flexibility index (Phi) is 5.71. The number of hydrogen-bond donors (Lipinski definition) is 0. The maximum atomic E-state index is 12.1. The third-order valence-corrected chi connectivity index (χ3v) is 2.82. The quantitative estimate of drug-likeness (QED) is 0.263. The summed E-state index contributed by atoms with van der Waals surface area (Å²) in [4.78, 5) is 12.2. The molecule has 0 unspecified atom stereocenters. The molecule has 0 N–H and O–H groups in total. The Morgan fingerprint density at radius 2 is 1.80 bits per heavy atom. The molecule has 0 aromatic carbocycles. The second-order valence-electron chi connectivity index (χ2n) is 4.31. The van der Waals surface area contributed by atoms with Crippen molar-refractivity contribution in [2.75, 3.05) is 18.0 Å². The molecule has 20 heavy (non-hydrogen) atoms. The Bertz CT molecular complexity index is 525. The van der Waals surface area contributed by atoms with Gasteiger partial charge in [-0.05, 0) is 32.9 Å². The summed E-state index contributed by atoms with van der Waals surface area (Å²) >= 11 is 0. The fourth-order valence-corrected chi connectivity index (χ4v) is 1.74. The lowest BCUT2D eigenvalue weighted by atomic mass is 10.3. The lowest BCUT2D eigenvalue weighted by molar-refractivity contribution is -0.599. The van der Waals surface area contributed by atoms with Gasteiger partial charge in [0.25, 0.3) is 11.5 Å². The van der Waals surface area contributed by atoms with Gasteiger partial charge in [0.15, 0.2) is 0 Å². The van der Waals surface area contributed by atoms with Crippen molar-refractivity contribution in [3.05, 3.63) is 57.5 Å². The van der Waals surface area contributed by atoms with Crippen LogP contribution in [0.4, 0.5) is 11.5 Å². The zero-order valence-corrected chi connectivity index (χ0v) is 11.9. The molecule has 0 saturated heterocycles. The van der Waals surface area contributed by atoms with E-state index in [0.29, 0.717) is 18.8 Å². The molecule has 0 spiro atoms. The number of rotatable bonds is 6. The molecular weight excluding hydrogens is 258 g/mol. The summed E-state index contributed by atoms with van der Waals surface area (Å²) < 4.78 is 0.722. The van der Waals surface area contributed by atoms with E-state index in [1.54, 1.807) is 11.8 Å². The van der Waals surface area contributed by atoms with Crippen molar-refractivity contribution in [2.24, 2.45) is 0 Å². The number of aromatic nitrogens is 1. The van der Waals surface area contributed by atoms with E-state index in [1.165, 1.54) is 12.1 Å². The van der Waals surface area contributed by atoms with E-state index < -0.39 is 4.92 Å². The minimum absolute atomic E-state index is 0.0736. The SMILES string of the molecule is CC=CCN(CC=CC)c1cc([N+](=O)[O-])cc(C)[n+]1[O-]. The Labute approximate surface area is 118 Å². The van der Waals surface area contributed by atoms with Crippen LogP contribution in [0.25, 0.3) is 0 Å². The van der Waals surface area contributed by atoms with Crippen molar-refractivity contribution in [2.45, 2.75) is 20.8 Å². The molecule has 1 rings (SSSR count). The van der Waals surface area contributed by atoms with E-state index in [9.17, 15) is 15.3 Å². The van der Waals surface area contributed by atoms with E-state index in [0.717, 1.165) is 4.73 Å². The Balaban J connectivity index is 3.25. The van der Waals surface area contributed by atoms with Gasteiger partial charge in [0.05, 0.1) is 11.0 Å². The van der Waals surface area contributed by atoms with Gasteiger partial charge in [-0.1, -0.05) is 12.2 Å². The highest BCUT2D eigenvalue weighted by molar-refractivity contribution is 5.45. The first-order valence-electron chi connectivity index (χ1n) is 6.37. The van der Waals surface area contributed by atoms with Gasteiger partial charge in [-0.15, -0.1) is 0 Å². The number of allylic oxidation sites excluding steroid dienone is 2. The molecule has 6 heteroatoms. The summed E-state index contributed by atoms with van der Waals surface area (Å²) in [6.07, 6.45) is 7.55. The van der Waals surface area contributed by atoms with Crippen molar-refractivity contribution in [3.8, 4) is 0 Å². The van der Waals surface area contributed by atoms with Crippen LogP contribution >= 0.6 is 0 Å². The molecule has 0 bridgehead atoms. The molecule has 1 aromatic heterocycles. The van der Waals surface area contributed by atoms with E-state index >= 15 is 0 Å². The fraction of sp³-hybridized carbons (Fsp3) is 0.357. The van der Waals surface area contributed by atoms with Crippen LogP contribution in [0.15, 0.2) is 36.4 Å². The summed E-state index contributed by atoms with van der Waals surface area (Å²) in [5, 5.41) is 23.0. The fourth-order valence-electron chi connectivity index (χ4n) is 1.74. The lowest BCUT2D eigenvalue weighted by Gasteiger charge is -2.19. The number of hydrogen-bond acceptors (Lipinski definition) is 4. The molecule has 108 valence electrons. The predicted molar refractivity (Wildman–Crippen MR) is 78.6 cm³/mol. The minimum atomic E-state index is -0.486. The van der Waals surface area contributed by atoms with E-state index in [1.807, 2.05) is 38.2 Å². The lowest BCUT2D eigenvalue weighted by Crippen LogP contribution is -2.40. The van der Waals surface area contributed by atoms with Gasteiger partial charge < -0.3 is 5.21 Å². The first-order valence-corrected chi connectivity index (χ1v) is 6.37. The Morgan fingerprint density at radius 1 is 1.25 bits per heavy atom. The highest BCUT2D eigenvalue weighted by atomic mass is 16.6. The second kappa shape index (κ2) is 7.28. The summed E-state index contributed by atoms with van der Waals surface area (Å²) in [6, 6.07) is 2.59. The van der Waals surface area contributed by atoms with Gasteiger partial charge in [0, 0.05) is 0 Å². The number of nitro groups is 1. The number of aryl methyl sites for hydroxylation is 1. The average Bonchev–Trinajstić information content (AvgIpc) is 2.42. The van der Waals surface area contributed by atoms with E-state index in [2.05, 4.69) is 0 Å². The molecule has 0 aliphatic rings. The summed E-state index contributed by atoms with van der Waals surface area (Å²) in [5.74, 6) is 0.285. The molecule has 0 aliphatic carbocycles. The standard InChI is InChI=1S/C14H19N3O3/c1-4-6-8-15(9-7-5-2)14-11-13(17(19)20)10-12(3)16(14)18/h4-7,10-11H,8-9H2,1-3H3. The maximum absolute atomic E-state index is 12.1. The molecule has 1 aromatic rings. The van der Waals surface area contributed by atoms with Crippen LogP contribution in [0.2, 0.25) is 0 Å². The van der Waals surface area contributed by atoms with Gasteiger partial charge in [-0.3, -0.25) is 15.0 Å². The molecule has 0 amide bonds. The molecule has 0 radical (unpaired) electrons. The van der Waals surface area contributed by atoms with Crippen LogP contribution in [0.1, 0.15) is 19.5 Å². The van der Waals surface area contributed by atoms with Gasteiger partial charge in [0.1, 0.15) is 24.8 Å². The third-order valence-electron chi connectivity index (χ3n) is 2.82. The number of nitrogens with zero attached hydrogens (tertiary/aromatic N) is 3.